The molecule has 0 spiro atoms. The predicted octanol–water partition coefficient (Wildman–Crippen LogP) is -1.48. The Morgan fingerprint density at radius 3 is 2.36 bits per heavy atom. The van der Waals surface area contributed by atoms with Crippen molar-refractivity contribution in [2.24, 2.45) is 0 Å². The maximum absolute atomic E-state index is 8.78. The van der Waals surface area contributed by atoms with Crippen molar-refractivity contribution in [2.45, 2.75) is 13.2 Å². The summed E-state index contributed by atoms with van der Waals surface area (Å²) in [5, 5.41) is 8.78. The van der Waals surface area contributed by atoms with E-state index in [0.717, 1.165) is 0 Å². The summed E-state index contributed by atoms with van der Waals surface area (Å²) in [5.74, 6) is 0.692. The summed E-state index contributed by atoms with van der Waals surface area (Å²) < 4.78 is 4.97. The SMILES string of the molecule is CC(O)Oc1ccccc1.[H-].[Na+]. The van der Waals surface area contributed by atoms with Gasteiger partial charge >= 0.3 is 29.6 Å². The molecule has 11 heavy (non-hydrogen) atoms. The van der Waals surface area contributed by atoms with Gasteiger partial charge in [0.1, 0.15) is 5.75 Å². The minimum absolute atomic E-state index is 0. The number of hydrogen-bond acceptors (Lipinski definition) is 2. The maximum atomic E-state index is 8.78. The van der Waals surface area contributed by atoms with Crippen molar-refractivity contribution >= 4 is 0 Å². The molecule has 1 rings (SSSR count). The van der Waals surface area contributed by atoms with Gasteiger partial charge in [0.05, 0.1) is 0 Å². The summed E-state index contributed by atoms with van der Waals surface area (Å²) in [6.45, 7) is 1.58. The smallest absolute Gasteiger partial charge is 1.00 e. The van der Waals surface area contributed by atoms with Crippen molar-refractivity contribution in [3.8, 4) is 5.75 Å². The Morgan fingerprint density at radius 2 is 1.91 bits per heavy atom. The van der Waals surface area contributed by atoms with Gasteiger partial charge in [0.15, 0.2) is 6.29 Å². The minimum atomic E-state index is -0.734. The minimum Gasteiger partial charge on any atom is -1.00 e. The van der Waals surface area contributed by atoms with Crippen LogP contribution in [0, 0.1) is 0 Å². The van der Waals surface area contributed by atoms with Gasteiger partial charge in [-0.3, -0.25) is 0 Å². The molecular weight excluding hydrogens is 151 g/mol. The summed E-state index contributed by atoms with van der Waals surface area (Å²) in [5.41, 5.74) is 0. The molecule has 1 aromatic carbocycles. The molecule has 0 aliphatic heterocycles. The van der Waals surface area contributed by atoms with E-state index in [0.29, 0.717) is 5.75 Å². The first-order chi connectivity index (χ1) is 4.79. The van der Waals surface area contributed by atoms with E-state index in [1.807, 2.05) is 18.2 Å². The average Bonchev–Trinajstić information content (AvgIpc) is 1.88. The van der Waals surface area contributed by atoms with Crippen LogP contribution in [0.2, 0.25) is 0 Å². The van der Waals surface area contributed by atoms with Gasteiger partial charge < -0.3 is 11.3 Å². The second-order valence-corrected chi connectivity index (χ2v) is 2.03. The molecule has 0 heterocycles. The van der Waals surface area contributed by atoms with E-state index in [4.69, 9.17) is 9.84 Å². The van der Waals surface area contributed by atoms with Gasteiger partial charge in [0.25, 0.3) is 0 Å². The molecule has 1 unspecified atom stereocenters. The number of para-hydroxylation sites is 1. The second kappa shape index (κ2) is 5.61. The van der Waals surface area contributed by atoms with Gasteiger partial charge in [-0.15, -0.1) is 0 Å². The van der Waals surface area contributed by atoms with Crippen LogP contribution >= 0.6 is 0 Å². The number of ether oxygens (including phenoxy) is 1. The molecule has 3 heteroatoms. The average molecular weight is 162 g/mol. The zero-order valence-electron chi connectivity index (χ0n) is 7.82. The Kier molecular flexibility index (Phi) is 5.60. The summed E-state index contributed by atoms with van der Waals surface area (Å²) in [7, 11) is 0. The third kappa shape index (κ3) is 4.43. The van der Waals surface area contributed by atoms with Crippen LogP contribution in [0.5, 0.6) is 5.75 Å². The van der Waals surface area contributed by atoms with Gasteiger partial charge in [0, 0.05) is 0 Å². The number of aliphatic hydroxyl groups is 1. The number of hydrogen-bond donors (Lipinski definition) is 1. The Bertz CT molecular complexity index is 192. The molecule has 0 fully saturated rings. The van der Waals surface area contributed by atoms with Crippen molar-refractivity contribution in [1.82, 2.24) is 0 Å². The molecule has 56 valence electrons. The first-order valence-corrected chi connectivity index (χ1v) is 3.19. The zero-order valence-corrected chi connectivity index (χ0v) is 8.82. The van der Waals surface area contributed by atoms with Crippen molar-refractivity contribution in [2.75, 3.05) is 0 Å². The van der Waals surface area contributed by atoms with Crippen LogP contribution in [0.25, 0.3) is 0 Å². The molecule has 0 aromatic heterocycles. The number of aliphatic hydroxyl groups excluding tert-OH is 1. The fourth-order valence-corrected chi connectivity index (χ4v) is 0.696. The molecule has 0 amide bonds. The Labute approximate surface area is 90.0 Å². The Hall–Kier alpha value is -0.0200. The summed E-state index contributed by atoms with van der Waals surface area (Å²) >= 11 is 0. The first-order valence-electron chi connectivity index (χ1n) is 3.19. The van der Waals surface area contributed by atoms with E-state index in [1.165, 1.54) is 0 Å². The monoisotopic (exact) mass is 162 g/mol. The molecule has 1 atom stereocenters. The summed E-state index contributed by atoms with van der Waals surface area (Å²) in [4.78, 5) is 0. The van der Waals surface area contributed by atoms with Crippen LogP contribution in [0.3, 0.4) is 0 Å². The summed E-state index contributed by atoms with van der Waals surface area (Å²) in [6, 6.07) is 9.21. The van der Waals surface area contributed by atoms with E-state index in [1.54, 1.807) is 19.1 Å². The van der Waals surface area contributed by atoms with Crippen molar-refractivity contribution in [1.29, 1.82) is 0 Å². The Morgan fingerprint density at radius 1 is 1.36 bits per heavy atom. The zero-order chi connectivity index (χ0) is 7.40. The van der Waals surface area contributed by atoms with Crippen LogP contribution in [-0.2, 0) is 0 Å². The van der Waals surface area contributed by atoms with E-state index in [2.05, 4.69) is 0 Å². The van der Waals surface area contributed by atoms with Crippen LogP contribution in [0.15, 0.2) is 30.3 Å². The molecule has 0 saturated carbocycles. The van der Waals surface area contributed by atoms with Gasteiger partial charge in [-0.05, 0) is 19.1 Å². The predicted molar refractivity (Wildman–Crippen MR) is 39.9 cm³/mol. The molecule has 0 aliphatic rings. The Balaban J connectivity index is 0. The number of rotatable bonds is 2. The van der Waals surface area contributed by atoms with Gasteiger partial charge in [-0.25, -0.2) is 0 Å². The standard InChI is InChI=1S/C8H10O2.Na.H/c1-7(9)10-8-5-3-2-4-6-8;;/h2-7,9H,1H3;;/q;+1;-1. The molecule has 0 radical (unpaired) electrons. The third-order valence-electron chi connectivity index (χ3n) is 1.05. The van der Waals surface area contributed by atoms with Crippen LogP contribution in [-0.4, -0.2) is 11.4 Å². The topological polar surface area (TPSA) is 29.5 Å². The fourth-order valence-electron chi connectivity index (χ4n) is 0.696. The molecule has 1 N–H and O–H groups in total. The van der Waals surface area contributed by atoms with E-state index in [9.17, 15) is 0 Å². The molecule has 0 bridgehead atoms. The quantitative estimate of drug-likeness (QED) is 0.424. The van der Waals surface area contributed by atoms with Crippen LogP contribution in [0.4, 0.5) is 0 Å². The normalized spacial score (nSPS) is 11.5. The van der Waals surface area contributed by atoms with E-state index >= 15 is 0 Å². The largest absolute Gasteiger partial charge is 1.00 e. The first kappa shape index (κ1) is 11.0. The second-order valence-electron chi connectivity index (χ2n) is 2.03. The van der Waals surface area contributed by atoms with Crippen molar-refractivity contribution < 1.29 is 40.8 Å². The van der Waals surface area contributed by atoms with Gasteiger partial charge in [0.2, 0.25) is 0 Å². The van der Waals surface area contributed by atoms with Crippen molar-refractivity contribution in [3.63, 3.8) is 0 Å². The van der Waals surface area contributed by atoms with Gasteiger partial charge in [-0.1, -0.05) is 18.2 Å². The van der Waals surface area contributed by atoms with Gasteiger partial charge in [-0.2, -0.15) is 0 Å². The summed E-state index contributed by atoms with van der Waals surface area (Å²) in [6.07, 6.45) is -0.734. The maximum Gasteiger partial charge on any atom is 1.00 e. The van der Waals surface area contributed by atoms with E-state index in [-0.39, 0.29) is 31.0 Å². The molecule has 0 aliphatic carbocycles. The third-order valence-corrected chi connectivity index (χ3v) is 1.05. The fraction of sp³-hybridized carbons (Fsp3) is 0.250. The van der Waals surface area contributed by atoms with E-state index < -0.39 is 6.29 Å². The van der Waals surface area contributed by atoms with Crippen molar-refractivity contribution in [3.05, 3.63) is 30.3 Å². The van der Waals surface area contributed by atoms with Crippen LogP contribution in [0.1, 0.15) is 8.35 Å². The molecule has 1 aromatic rings. The molecule has 0 saturated heterocycles. The van der Waals surface area contributed by atoms with Crippen LogP contribution < -0.4 is 34.3 Å². The molecule has 2 nitrogen and oxygen atoms in total. The molecular formula is C8H11NaO2. The number of benzene rings is 1.